The van der Waals surface area contributed by atoms with E-state index in [4.69, 9.17) is 9.47 Å². The number of nitrogens with one attached hydrogen (secondary N) is 1. The number of hydrogen-bond donors (Lipinski definition) is 1. The van der Waals surface area contributed by atoms with E-state index in [0.29, 0.717) is 32.8 Å². The van der Waals surface area contributed by atoms with Gasteiger partial charge >= 0.3 is 6.03 Å². The number of hydrogen-bond acceptors (Lipinski definition) is 5. The summed E-state index contributed by atoms with van der Waals surface area (Å²) in [5.41, 5.74) is 2.08. The minimum Gasteiger partial charge on any atom is -0.486 e. The van der Waals surface area contributed by atoms with Crippen molar-refractivity contribution in [1.82, 2.24) is 15.2 Å². The maximum atomic E-state index is 12.2. The molecule has 1 aromatic heterocycles. The molecule has 0 aliphatic heterocycles. The molecule has 142 valence electrons. The highest BCUT2D eigenvalue weighted by atomic mass is 32.1. The van der Waals surface area contributed by atoms with Crippen molar-refractivity contribution in [3.05, 3.63) is 45.9 Å². The molecule has 2 aromatic rings. The highest BCUT2D eigenvalue weighted by molar-refractivity contribution is 7.09. The number of carbonyl (C=O) groups excluding carboxylic acids is 1. The zero-order chi connectivity index (χ0) is 18.8. The van der Waals surface area contributed by atoms with E-state index < -0.39 is 0 Å². The molecule has 1 N–H and O–H groups in total. The second-order valence-corrected chi connectivity index (χ2v) is 6.88. The van der Waals surface area contributed by atoms with E-state index in [1.165, 1.54) is 5.56 Å². The first kappa shape index (κ1) is 20.2. The number of aryl methyl sites for hydroxylation is 1. The zero-order valence-electron chi connectivity index (χ0n) is 15.7. The summed E-state index contributed by atoms with van der Waals surface area (Å²) < 4.78 is 10.8. The molecule has 0 bridgehead atoms. The van der Waals surface area contributed by atoms with Crippen molar-refractivity contribution >= 4 is 17.4 Å². The molecule has 0 atom stereocenters. The Morgan fingerprint density at radius 1 is 1.31 bits per heavy atom. The quantitative estimate of drug-likeness (QED) is 0.643. The first-order chi connectivity index (χ1) is 12.6. The maximum Gasteiger partial charge on any atom is 0.317 e. The van der Waals surface area contributed by atoms with Crippen LogP contribution in [0.15, 0.2) is 29.6 Å². The van der Waals surface area contributed by atoms with E-state index in [-0.39, 0.29) is 6.03 Å². The van der Waals surface area contributed by atoms with Gasteiger partial charge < -0.3 is 19.7 Å². The Kier molecular flexibility index (Phi) is 8.37. The molecular weight excluding hydrogens is 350 g/mol. The van der Waals surface area contributed by atoms with Crippen LogP contribution in [0.5, 0.6) is 5.75 Å². The third kappa shape index (κ3) is 6.65. The normalized spacial score (nSPS) is 10.6. The number of aromatic nitrogens is 1. The molecule has 0 saturated carbocycles. The molecule has 0 aliphatic carbocycles. The van der Waals surface area contributed by atoms with Gasteiger partial charge in [0.1, 0.15) is 17.4 Å². The zero-order valence-corrected chi connectivity index (χ0v) is 16.5. The van der Waals surface area contributed by atoms with Crippen molar-refractivity contribution in [2.24, 2.45) is 0 Å². The van der Waals surface area contributed by atoms with Gasteiger partial charge in [-0.15, -0.1) is 11.3 Å². The van der Waals surface area contributed by atoms with Gasteiger partial charge in [-0.1, -0.05) is 17.7 Å². The lowest BCUT2D eigenvalue weighted by molar-refractivity contribution is 0.166. The highest BCUT2D eigenvalue weighted by Crippen LogP contribution is 2.17. The van der Waals surface area contributed by atoms with E-state index in [2.05, 4.69) is 10.3 Å². The van der Waals surface area contributed by atoms with E-state index in [9.17, 15) is 4.79 Å². The Labute approximate surface area is 159 Å². The predicted molar refractivity (Wildman–Crippen MR) is 104 cm³/mol. The first-order valence-corrected chi connectivity index (χ1v) is 9.64. The third-order valence-electron chi connectivity index (χ3n) is 3.73. The molecule has 2 amide bonds. The summed E-state index contributed by atoms with van der Waals surface area (Å²) in [5, 5.41) is 5.73. The minimum absolute atomic E-state index is 0.0749. The molecule has 0 spiro atoms. The van der Waals surface area contributed by atoms with Crippen molar-refractivity contribution in [1.29, 1.82) is 0 Å². The predicted octanol–water partition coefficient (Wildman–Crippen LogP) is 3.60. The van der Waals surface area contributed by atoms with E-state index in [1.807, 2.05) is 43.5 Å². The van der Waals surface area contributed by atoms with Crippen molar-refractivity contribution in [2.45, 2.75) is 33.4 Å². The van der Waals surface area contributed by atoms with Gasteiger partial charge in [0.15, 0.2) is 0 Å². The standard InChI is InChI=1S/C19H27N3O3S/c1-4-20-19(23)22(10-5-11-24-3)12-16-14-26-18(21-16)13-25-17-8-6-15(2)7-9-17/h6-9,14H,4-5,10-13H2,1-3H3,(H,20,23). The van der Waals surface area contributed by atoms with Crippen LogP contribution in [-0.4, -0.2) is 42.7 Å². The van der Waals surface area contributed by atoms with E-state index >= 15 is 0 Å². The number of amides is 2. The Morgan fingerprint density at radius 3 is 2.77 bits per heavy atom. The van der Waals surface area contributed by atoms with Gasteiger partial charge in [0.05, 0.1) is 12.2 Å². The van der Waals surface area contributed by atoms with Gasteiger partial charge in [-0.2, -0.15) is 0 Å². The largest absolute Gasteiger partial charge is 0.486 e. The van der Waals surface area contributed by atoms with Crippen LogP contribution in [-0.2, 0) is 17.9 Å². The summed E-state index contributed by atoms with van der Waals surface area (Å²) >= 11 is 1.55. The molecule has 0 unspecified atom stereocenters. The average molecular weight is 378 g/mol. The molecule has 0 aliphatic rings. The summed E-state index contributed by atoms with van der Waals surface area (Å²) in [5.74, 6) is 0.830. The number of benzene rings is 1. The van der Waals surface area contributed by atoms with E-state index in [0.717, 1.165) is 22.9 Å². The topological polar surface area (TPSA) is 63.7 Å². The number of rotatable bonds is 10. The van der Waals surface area contributed by atoms with Gasteiger partial charge in [-0.3, -0.25) is 0 Å². The second kappa shape index (κ2) is 10.8. The summed E-state index contributed by atoms with van der Waals surface area (Å²) in [6, 6.07) is 7.88. The summed E-state index contributed by atoms with van der Waals surface area (Å²) in [6.07, 6.45) is 0.793. The molecule has 26 heavy (non-hydrogen) atoms. The van der Waals surface area contributed by atoms with Gasteiger partial charge in [0, 0.05) is 32.2 Å². The minimum atomic E-state index is -0.0749. The highest BCUT2D eigenvalue weighted by Gasteiger charge is 2.15. The first-order valence-electron chi connectivity index (χ1n) is 8.76. The third-order valence-corrected chi connectivity index (χ3v) is 4.60. The van der Waals surface area contributed by atoms with Crippen LogP contribution in [0.4, 0.5) is 4.79 Å². The van der Waals surface area contributed by atoms with Crippen LogP contribution < -0.4 is 10.1 Å². The molecule has 1 heterocycles. The number of methoxy groups -OCH3 is 1. The molecule has 2 rings (SSSR count). The van der Waals surface area contributed by atoms with Crippen LogP contribution in [0.3, 0.4) is 0 Å². The number of urea groups is 1. The van der Waals surface area contributed by atoms with Gasteiger partial charge in [0.2, 0.25) is 0 Å². The van der Waals surface area contributed by atoms with Gasteiger partial charge in [-0.05, 0) is 32.4 Å². The maximum absolute atomic E-state index is 12.2. The fraction of sp³-hybridized carbons (Fsp3) is 0.474. The Balaban J connectivity index is 1.90. The summed E-state index contributed by atoms with van der Waals surface area (Å²) in [4.78, 5) is 18.6. The van der Waals surface area contributed by atoms with Crippen molar-refractivity contribution < 1.29 is 14.3 Å². The fourth-order valence-corrected chi connectivity index (χ4v) is 3.07. The monoisotopic (exact) mass is 377 g/mol. The Morgan fingerprint density at radius 2 is 2.08 bits per heavy atom. The second-order valence-electron chi connectivity index (χ2n) is 5.94. The van der Waals surface area contributed by atoms with Crippen LogP contribution in [0, 0.1) is 6.92 Å². The molecular formula is C19H27N3O3S. The molecule has 0 saturated heterocycles. The number of nitrogens with zero attached hydrogens (tertiary/aromatic N) is 2. The SMILES string of the molecule is CCNC(=O)N(CCCOC)Cc1csc(COc2ccc(C)cc2)n1. The molecule has 6 nitrogen and oxygen atoms in total. The number of carbonyl (C=O) groups is 1. The van der Waals surface area contributed by atoms with Crippen LogP contribution in [0.1, 0.15) is 29.6 Å². The molecule has 1 aromatic carbocycles. The lowest BCUT2D eigenvalue weighted by atomic mass is 10.2. The number of ether oxygens (including phenoxy) is 2. The molecule has 0 radical (unpaired) electrons. The average Bonchev–Trinajstić information content (AvgIpc) is 3.08. The lowest BCUT2D eigenvalue weighted by Crippen LogP contribution is -2.40. The van der Waals surface area contributed by atoms with Crippen LogP contribution in [0.25, 0.3) is 0 Å². The molecule has 7 heteroatoms. The van der Waals surface area contributed by atoms with Gasteiger partial charge in [-0.25, -0.2) is 9.78 Å². The fourth-order valence-electron chi connectivity index (χ4n) is 2.38. The number of thiazole rings is 1. The van der Waals surface area contributed by atoms with Crippen LogP contribution >= 0.6 is 11.3 Å². The van der Waals surface area contributed by atoms with Crippen molar-refractivity contribution in [3.63, 3.8) is 0 Å². The smallest absolute Gasteiger partial charge is 0.317 e. The van der Waals surface area contributed by atoms with Crippen LogP contribution in [0.2, 0.25) is 0 Å². The van der Waals surface area contributed by atoms with Crippen molar-refractivity contribution in [3.8, 4) is 5.75 Å². The molecule has 0 fully saturated rings. The van der Waals surface area contributed by atoms with E-state index in [1.54, 1.807) is 23.3 Å². The summed E-state index contributed by atoms with van der Waals surface area (Å²) in [7, 11) is 1.66. The Bertz CT molecular complexity index is 673. The Hall–Kier alpha value is -2.12. The van der Waals surface area contributed by atoms with Gasteiger partial charge in [0.25, 0.3) is 0 Å². The van der Waals surface area contributed by atoms with Crippen molar-refractivity contribution in [2.75, 3.05) is 26.8 Å². The lowest BCUT2D eigenvalue weighted by Gasteiger charge is -2.21. The summed E-state index contributed by atoms with van der Waals surface area (Å²) in [6.45, 7) is 6.73.